The summed E-state index contributed by atoms with van der Waals surface area (Å²) in [6.07, 6.45) is 0. The van der Waals surface area contributed by atoms with Crippen molar-refractivity contribution in [2.24, 2.45) is 0 Å². The molecule has 30 heavy (non-hydrogen) atoms. The van der Waals surface area contributed by atoms with Crippen LogP contribution in [0.2, 0.25) is 5.02 Å². The Hall–Kier alpha value is -2.61. The van der Waals surface area contributed by atoms with Gasteiger partial charge in [0.1, 0.15) is 5.75 Å². The van der Waals surface area contributed by atoms with E-state index in [4.69, 9.17) is 21.3 Å². The van der Waals surface area contributed by atoms with Crippen molar-refractivity contribution in [3.05, 3.63) is 58.9 Å². The van der Waals surface area contributed by atoms with Crippen LogP contribution in [0.1, 0.15) is 0 Å². The fourth-order valence-electron chi connectivity index (χ4n) is 3.39. The third-order valence-electron chi connectivity index (χ3n) is 4.98. The number of hydrogen-bond donors (Lipinski definition) is 1. The van der Waals surface area contributed by atoms with E-state index in [1.807, 2.05) is 36.4 Å². The summed E-state index contributed by atoms with van der Waals surface area (Å²) in [4.78, 5) is 21.6. The Kier molecular flexibility index (Phi) is 6.52. The zero-order valence-corrected chi connectivity index (χ0v) is 18.2. The predicted molar refractivity (Wildman–Crippen MR) is 123 cm³/mol. The highest BCUT2D eigenvalue weighted by atomic mass is 35.5. The number of hydrogen-bond acceptors (Lipinski definition) is 6. The number of methoxy groups -OCH3 is 1. The Bertz CT molecular complexity index is 1020. The van der Waals surface area contributed by atoms with Crippen LogP contribution in [0.4, 0.5) is 10.8 Å². The molecule has 0 spiro atoms. The second-order valence-electron chi connectivity index (χ2n) is 7.07. The summed E-state index contributed by atoms with van der Waals surface area (Å²) in [7, 11) is 1.67. The van der Waals surface area contributed by atoms with Crippen LogP contribution in [0.3, 0.4) is 0 Å². The second kappa shape index (κ2) is 9.47. The minimum atomic E-state index is -0.0275. The lowest BCUT2D eigenvalue weighted by Gasteiger charge is -2.34. The lowest BCUT2D eigenvalue weighted by Crippen LogP contribution is -2.48. The molecule has 2 heterocycles. The van der Waals surface area contributed by atoms with Crippen LogP contribution in [-0.4, -0.2) is 55.6 Å². The second-order valence-corrected chi connectivity index (χ2v) is 8.34. The van der Waals surface area contributed by atoms with Crippen LogP contribution < -0.4 is 15.0 Å². The normalized spacial score (nSPS) is 14.5. The van der Waals surface area contributed by atoms with Crippen LogP contribution in [0.25, 0.3) is 11.3 Å². The van der Waals surface area contributed by atoms with E-state index in [0.29, 0.717) is 11.6 Å². The largest absolute Gasteiger partial charge is 0.497 e. The highest BCUT2D eigenvalue weighted by Gasteiger charge is 2.21. The predicted octanol–water partition coefficient (Wildman–Crippen LogP) is 4.23. The van der Waals surface area contributed by atoms with Gasteiger partial charge in [0, 0.05) is 47.8 Å². The van der Waals surface area contributed by atoms with Crippen molar-refractivity contribution in [3.63, 3.8) is 0 Å². The molecule has 1 aromatic heterocycles. The Morgan fingerprint density at radius 1 is 1.17 bits per heavy atom. The Balaban J connectivity index is 1.30. The van der Waals surface area contributed by atoms with Crippen LogP contribution in [0.5, 0.6) is 5.75 Å². The topological polar surface area (TPSA) is 57.7 Å². The number of ether oxygens (including phenoxy) is 1. The number of thiazole rings is 1. The van der Waals surface area contributed by atoms with Crippen LogP contribution >= 0.6 is 22.9 Å². The van der Waals surface area contributed by atoms with Crippen molar-refractivity contribution < 1.29 is 9.53 Å². The molecule has 3 aromatic rings. The van der Waals surface area contributed by atoms with E-state index < -0.39 is 0 Å². The highest BCUT2D eigenvalue weighted by Crippen LogP contribution is 2.29. The third kappa shape index (κ3) is 5.11. The van der Waals surface area contributed by atoms with Crippen LogP contribution in [0.15, 0.2) is 53.9 Å². The fraction of sp³-hybridized carbons (Fsp3) is 0.273. The summed E-state index contributed by atoms with van der Waals surface area (Å²) in [5.74, 6) is 0.798. The van der Waals surface area contributed by atoms with Gasteiger partial charge in [0.15, 0.2) is 5.13 Å². The molecule has 0 bridgehead atoms. The van der Waals surface area contributed by atoms with E-state index in [0.717, 1.165) is 54.0 Å². The molecular weight excluding hydrogens is 420 g/mol. The Morgan fingerprint density at radius 3 is 2.73 bits per heavy atom. The summed E-state index contributed by atoms with van der Waals surface area (Å²) in [6, 6.07) is 15.1. The molecule has 8 heteroatoms. The lowest BCUT2D eigenvalue weighted by molar-refractivity contribution is -0.117. The minimum Gasteiger partial charge on any atom is -0.497 e. The van der Waals surface area contributed by atoms with Gasteiger partial charge in [0.05, 0.1) is 19.3 Å². The average Bonchev–Trinajstić information content (AvgIpc) is 3.24. The zero-order valence-electron chi connectivity index (χ0n) is 16.7. The van der Waals surface area contributed by atoms with Gasteiger partial charge in [0.2, 0.25) is 5.91 Å². The average molecular weight is 443 g/mol. The maximum absolute atomic E-state index is 12.3. The number of carbonyl (C=O) groups is 1. The molecule has 156 valence electrons. The molecule has 1 amide bonds. The number of amides is 1. The fourth-order valence-corrected chi connectivity index (χ4v) is 4.47. The molecular formula is C22H23ClN4O2S. The number of anilines is 2. The lowest BCUT2D eigenvalue weighted by atomic mass is 10.2. The minimum absolute atomic E-state index is 0.0275. The van der Waals surface area contributed by atoms with Gasteiger partial charge in [0.25, 0.3) is 0 Å². The SMILES string of the molecule is COc1cccc(-c2csc(N3CCN(CC(=O)Nc4cccc(Cl)c4)CC3)n2)c1. The van der Waals surface area contributed by atoms with E-state index in [-0.39, 0.29) is 5.91 Å². The first-order valence-electron chi connectivity index (χ1n) is 9.73. The van der Waals surface area contributed by atoms with Crippen molar-refractivity contribution >= 4 is 39.7 Å². The van der Waals surface area contributed by atoms with E-state index in [1.54, 1.807) is 30.6 Å². The highest BCUT2D eigenvalue weighted by molar-refractivity contribution is 7.14. The Labute approximate surface area is 185 Å². The van der Waals surface area contributed by atoms with Gasteiger partial charge >= 0.3 is 0 Å². The van der Waals surface area contributed by atoms with E-state index in [9.17, 15) is 4.79 Å². The number of halogens is 1. The number of nitrogens with zero attached hydrogens (tertiary/aromatic N) is 3. The molecule has 1 fully saturated rings. The maximum Gasteiger partial charge on any atom is 0.238 e. The molecule has 4 rings (SSSR count). The zero-order chi connectivity index (χ0) is 20.9. The molecule has 0 radical (unpaired) electrons. The molecule has 0 saturated carbocycles. The van der Waals surface area contributed by atoms with Crippen LogP contribution in [-0.2, 0) is 4.79 Å². The molecule has 0 unspecified atom stereocenters. The molecule has 0 atom stereocenters. The van der Waals surface area contributed by atoms with Gasteiger partial charge in [-0.3, -0.25) is 9.69 Å². The number of nitrogens with one attached hydrogen (secondary N) is 1. The first-order valence-corrected chi connectivity index (χ1v) is 11.0. The third-order valence-corrected chi connectivity index (χ3v) is 6.11. The molecule has 1 aliphatic heterocycles. The van der Waals surface area contributed by atoms with E-state index in [2.05, 4.69) is 20.5 Å². The smallest absolute Gasteiger partial charge is 0.238 e. The van der Waals surface area contributed by atoms with Gasteiger partial charge in [-0.25, -0.2) is 4.98 Å². The van der Waals surface area contributed by atoms with Gasteiger partial charge < -0.3 is 15.0 Å². The summed E-state index contributed by atoms with van der Waals surface area (Å²) in [6.45, 7) is 3.69. The molecule has 2 aromatic carbocycles. The Morgan fingerprint density at radius 2 is 1.97 bits per heavy atom. The number of carbonyl (C=O) groups excluding carboxylic acids is 1. The van der Waals surface area contributed by atoms with Crippen molar-refractivity contribution in [1.82, 2.24) is 9.88 Å². The molecule has 1 saturated heterocycles. The summed E-state index contributed by atoms with van der Waals surface area (Å²) >= 11 is 7.62. The summed E-state index contributed by atoms with van der Waals surface area (Å²) < 4.78 is 5.31. The molecule has 6 nitrogen and oxygen atoms in total. The number of piperazine rings is 1. The molecule has 1 N–H and O–H groups in total. The van der Waals surface area contributed by atoms with Crippen molar-refractivity contribution in [2.45, 2.75) is 0 Å². The summed E-state index contributed by atoms with van der Waals surface area (Å²) in [5.41, 5.74) is 2.73. The van der Waals surface area contributed by atoms with Gasteiger partial charge in [-0.05, 0) is 30.3 Å². The molecule has 0 aliphatic carbocycles. The van der Waals surface area contributed by atoms with Crippen molar-refractivity contribution in [1.29, 1.82) is 0 Å². The standard InChI is InChI=1S/C22H23ClN4O2S/c1-29-19-7-2-4-16(12-19)20-15-30-22(25-20)27-10-8-26(9-11-27)14-21(28)24-18-6-3-5-17(23)13-18/h2-7,12-13,15H,8-11,14H2,1H3,(H,24,28). The van der Waals surface area contributed by atoms with Crippen molar-refractivity contribution in [2.75, 3.05) is 50.1 Å². The number of rotatable bonds is 6. The van der Waals surface area contributed by atoms with Gasteiger partial charge in [-0.1, -0.05) is 29.8 Å². The van der Waals surface area contributed by atoms with Gasteiger partial charge in [-0.2, -0.15) is 0 Å². The summed E-state index contributed by atoms with van der Waals surface area (Å²) in [5, 5.41) is 6.60. The van der Waals surface area contributed by atoms with Crippen molar-refractivity contribution in [3.8, 4) is 17.0 Å². The maximum atomic E-state index is 12.3. The molecule has 1 aliphatic rings. The number of aromatic nitrogens is 1. The van der Waals surface area contributed by atoms with Gasteiger partial charge in [-0.15, -0.1) is 11.3 Å². The quantitative estimate of drug-likeness (QED) is 0.619. The van der Waals surface area contributed by atoms with E-state index in [1.165, 1.54) is 0 Å². The number of benzene rings is 2. The first kappa shape index (κ1) is 20.7. The first-order chi connectivity index (χ1) is 14.6. The van der Waals surface area contributed by atoms with Crippen LogP contribution in [0, 0.1) is 0 Å². The monoisotopic (exact) mass is 442 g/mol. The van der Waals surface area contributed by atoms with E-state index >= 15 is 0 Å².